The van der Waals surface area contributed by atoms with E-state index < -0.39 is 0 Å². The maximum absolute atomic E-state index is 6.18. The van der Waals surface area contributed by atoms with Crippen molar-refractivity contribution in [1.82, 2.24) is 10.2 Å². The number of likely N-dealkylation sites (N-methyl/N-ethyl adjacent to an activating group) is 2. The molecule has 0 unspecified atom stereocenters. The third-order valence-corrected chi connectivity index (χ3v) is 4.03. The van der Waals surface area contributed by atoms with Gasteiger partial charge in [-0.05, 0) is 31.5 Å². The van der Waals surface area contributed by atoms with Crippen LogP contribution in [0.5, 0.6) is 0 Å². The lowest BCUT2D eigenvalue weighted by Gasteiger charge is -2.15. The van der Waals surface area contributed by atoms with Gasteiger partial charge in [0, 0.05) is 24.5 Å². The fourth-order valence-corrected chi connectivity index (χ4v) is 2.67. The van der Waals surface area contributed by atoms with Crippen molar-refractivity contribution in [2.24, 2.45) is 0 Å². The zero-order valence-corrected chi connectivity index (χ0v) is 11.2. The summed E-state index contributed by atoms with van der Waals surface area (Å²) in [5.74, 6) is 0. The minimum absolute atomic E-state index is 0.940. The van der Waals surface area contributed by atoms with Gasteiger partial charge in [0.05, 0.1) is 5.02 Å². The van der Waals surface area contributed by atoms with Crippen molar-refractivity contribution >= 4 is 22.9 Å². The largest absolute Gasteiger partial charge is 0.316 e. The van der Waals surface area contributed by atoms with Crippen molar-refractivity contribution in [2.45, 2.75) is 20.4 Å². The molecule has 15 heavy (non-hydrogen) atoms. The summed E-state index contributed by atoms with van der Waals surface area (Å²) in [7, 11) is 2.13. The highest BCUT2D eigenvalue weighted by Crippen LogP contribution is 2.27. The molecule has 0 aliphatic carbocycles. The fraction of sp³-hybridized carbons (Fsp3) is 0.636. The van der Waals surface area contributed by atoms with Crippen molar-refractivity contribution < 1.29 is 0 Å². The molecule has 0 amide bonds. The summed E-state index contributed by atoms with van der Waals surface area (Å²) in [6.07, 6.45) is 0. The normalized spacial score (nSPS) is 11.3. The minimum atomic E-state index is 0.940. The van der Waals surface area contributed by atoms with Crippen LogP contribution in [-0.2, 0) is 6.54 Å². The molecule has 0 atom stereocenters. The molecule has 1 aromatic heterocycles. The zero-order valence-electron chi connectivity index (χ0n) is 9.64. The first-order valence-electron chi connectivity index (χ1n) is 5.26. The number of hydrogen-bond donors (Lipinski definition) is 1. The van der Waals surface area contributed by atoms with Crippen LogP contribution in [0.15, 0.2) is 5.38 Å². The van der Waals surface area contributed by atoms with Crippen LogP contribution in [0.4, 0.5) is 0 Å². The SMILES string of the molecule is CCNCCN(C)Cc1scc(C)c1Cl. The van der Waals surface area contributed by atoms with Crippen LogP contribution in [0, 0.1) is 6.92 Å². The first-order chi connectivity index (χ1) is 7.15. The summed E-state index contributed by atoms with van der Waals surface area (Å²) >= 11 is 7.93. The van der Waals surface area contributed by atoms with E-state index in [1.807, 2.05) is 0 Å². The number of halogens is 1. The topological polar surface area (TPSA) is 15.3 Å². The fourth-order valence-electron chi connectivity index (χ4n) is 1.36. The molecule has 0 radical (unpaired) electrons. The van der Waals surface area contributed by atoms with Gasteiger partial charge in [0.1, 0.15) is 0 Å². The van der Waals surface area contributed by atoms with E-state index in [4.69, 9.17) is 11.6 Å². The third kappa shape index (κ3) is 4.11. The molecule has 86 valence electrons. The molecule has 1 rings (SSSR count). The Labute approximate surface area is 101 Å². The number of thiophene rings is 1. The second-order valence-electron chi connectivity index (χ2n) is 3.75. The van der Waals surface area contributed by atoms with Crippen LogP contribution in [0.1, 0.15) is 17.4 Å². The van der Waals surface area contributed by atoms with Gasteiger partial charge in [-0.3, -0.25) is 4.90 Å². The number of aryl methyl sites for hydroxylation is 1. The number of nitrogens with one attached hydrogen (secondary N) is 1. The summed E-state index contributed by atoms with van der Waals surface area (Å²) in [6, 6.07) is 0. The lowest BCUT2D eigenvalue weighted by molar-refractivity contribution is 0.328. The zero-order chi connectivity index (χ0) is 11.3. The van der Waals surface area contributed by atoms with E-state index in [9.17, 15) is 0 Å². The maximum atomic E-state index is 6.18. The predicted molar refractivity (Wildman–Crippen MR) is 68.9 cm³/mol. The molecule has 0 saturated heterocycles. The average Bonchev–Trinajstić information content (AvgIpc) is 2.50. The van der Waals surface area contributed by atoms with Gasteiger partial charge in [0.2, 0.25) is 0 Å². The van der Waals surface area contributed by atoms with Gasteiger partial charge in [0.25, 0.3) is 0 Å². The van der Waals surface area contributed by atoms with E-state index in [1.54, 1.807) is 11.3 Å². The molecule has 1 heterocycles. The summed E-state index contributed by atoms with van der Waals surface area (Å²) < 4.78 is 0. The second kappa shape index (κ2) is 6.48. The van der Waals surface area contributed by atoms with Crippen LogP contribution in [0.3, 0.4) is 0 Å². The van der Waals surface area contributed by atoms with E-state index in [2.05, 4.69) is 36.5 Å². The smallest absolute Gasteiger partial charge is 0.0587 e. The Bertz CT molecular complexity index is 299. The summed E-state index contributed by atoms with van der Waals surface area (Å²) in [4.78, 5) is 3.56. The molecule has 1 aromatic rings. The summed E-state index contributed by atoms with van der Waals surface area (Å²) in [6.45, 7) is 8.26. The Balaban J connectivity index is 2.37. The summed E-state index contributed by atoms with van der Waals surface area (Å²) in [5, 5.41) is 6.37. The second-order valence-corrected chi connectivity index (χ2v) is 5.09. The molecule has 0 fully saturated rings. The van der Waals surface area contributed by atoms with Gasteiger partial charge >= 0.3 is 0 Å². The molecule has 0 saturated carbocycles. The Kier molecular flexibility index (Phi) is 5.61. The highest BCUT2D eigenvalue weighted by molar-refractivity contribution is 7.10. The van der Waals surface area contributed by atoms with Crippen molar-refractivity contribution in [3.05, 3.63) is 20.8 Å². The molecule has 0 bridgehead atoms. The molecule has 0 aliphatic rings. The van der Waals surface area contributed by atoms with Crippen LogP contribution >= 0.6 is 22.9 Å². The van der Waals surface area contributed by atoms with Gasteiger partial charge < -0.3 is 5.32 Å². The standard InChI is InChI=1S/C11H19ClN2S/c1-4-13-5-6-14(3)7-10-11(12)9(2)8-15-10/h8,13H,4-7H2,1-3H3. The van der Waals surface area contributed by atoms with Crippen LogP contribution in [-0.4, -0.2) is 31.6 Å². The van der Waals surface area contributed by atoms with Gasteiger partial charge in [-0.25, -0.2) is 0 Å². The summed E-state index contributed by atoms with van der Waals surface area (Å²) in [5.41, 5.74) is 1.19. The minimum Gasteiger partial charge on any atom is -0.316 e. The Morgan fingerprint density at radius 2 is 2.27 bits per heavy atom. The van der Waals surface area contributed by atoms with Crippen molar-refractivity contribution in [3.63, 3.8) is 0 Å². The quantitative estimate of drug-likeness (QED) is 0.777. The van der Waals surface area contributed by atoms with Gasteiger partial charge in [-0.1, -0.05) is 18.5 Å². The molecule has 0 spiro atoms. The number of rotatable bonds is 6. The molecule has 0 aromatic carbocycles. The van der Waals surface area contributed by atoms with Gasteiger partial charge in [-0.2, -0.15) is 0 Å². The lowest BCUT2D eigenvalue weighted by Crippen LogP contribution is -2.28. The molecular formula is C11H19ClN2S. The average molecular weight is 247 g/mol. The predicted octanol–water partition coefficient (Wildman–Crippen LogP) is 2.75. The number of hydrogen-bond acceptors (Lipinski definition) is 3. The van der Waals surface area contributed by atoms with E-state index >= 15 is 0 Å². The van der Waals surface area contributed by atoms with Crippen molar-refractivity contribution in [2.75, 3.05) is 26.7 Å². The lowest BCUT2D eigenvalue weighted by atomic mass is 10.3. The Morgan fingerprint density at radius 3 is 2.80 bits per heavy atom. The first-order valence-corrected chi connectivity index (χ1v) is 6.52. The Morgan fingerprint density at radius 1 is 1.53 bits per heavy atom. The van der Waals surface area contributed by atoms with Crippen molar-refractivity contribution in [1.29, 1.82) is 0 Å². The van der Waals surface area contributed by atoms with Crippen molar-refractivity contribution in [3.8, 4) is 0 Å². The van der Waals surface area contributed by atoms with Crippen LogP contribution in [0.25, 0.3) is 0 Å². The van der Waals surface area contributed by atoms with E-state index in [1.165, 1.54) is 10.4 Å². The molecular weight excluding hydrogens is 228 g/mol. The van der Waals surface area contributed by atoms with E-state index in [0.29, 0.717) is 0 Å². The molecule has 2 nitrogen and oxygen atoms in total. The maximum Gasteiger partial charge on any atom is 0.0587 e. The van der Waals surface area contributed by atoms with Gasteiger partial charge in [-0.15, -0.1) is 11.3 Å². The van der Waals surface area contributed by atoms with Crippen LogP contribution < -0.4 is 5.32 Å². The van der Waals surface area contributed by atoms with Crippen LogP contribution in [0.2, 0.25) is 5.02 Å². The van der Waals surface area contributed by atoms with E-state index in [0.717, 1.165) is 31.2 Å². The highest BCUT2D eigenvalue weighted by atomic mass is 35.5. The third-order valence-electron chi connectivity index (χ3n) is 2.30. The van der Waals surface area contributed by atoms with E-state index in [-0.39, 0.29) is 0 Å². The van der Waals surface area contributed by atoms with Gasteiger partial charge in [0.15, 0.2) is 0 Å². The molecule has 1 N–H and O–H groups in total. The number of nitrogens with zero attached hydrogens (tertiary/aromatic N) is 1. The molecule has 0 aliphatic heterocycles. The monoisotopic (exact) mass is 246 g/mol. The Hall–Kier alpha value is -0.0900. The highest BCUT2D eigenvalue weighted by Gasteiger charge is 2.08. The molecule has 4 heteroatoms. The first kappa shape index (κ1) is 13.0.